The van der Waals surface area contributed by atoms with E-state index < -0.39 is 63.2 Å². The molecular formula is C59H118NO11P. The molecule has 1 amide bonds. The summed E-state index contributed by atoms with van der Waals surface area (Å²) in [5.41, 5.74) is 0. The number of phosphoric ester groups is 1. The quantitative estimate of drug-likeness (QED) is 0.0212. The zero-order valence-corrected chi connectivity index (χ0v) is 47.7. The first kappa shape index (κ1) is 69.4. The third kappa shape index (κ3) is 38.8. The van der Waals surface area contributed by atoms with Crippen molar-refractivity contribution in [1.29, 1.82) is 0 Å². The van der Waals surface area contributed by atoms with Crippen molar-refractivity contribution in [1.82, 2.24) is 5.32 Å². The summed E-state index contributed by atoms with van der Waals surface area (Å²) < 4.78 is 23.1. The van der Waals surface area contributed by atoms with Crippen LogP contribution in [0.25, 0.3) is 0 Å². The van der Waals surface area contributed by atoms with Crippen molar-refractivity contribution in [3.05, 3.63) is 0 Å². The number of nitrogens with one attached hydrogen (secondary N) is 1. The number of hydrogen-bond acceptors (Lipinski definition) is 10. The van der Waals surface area contributed by atoms with Gasteiger partial charge in [0.25, 0.3) is 0 Å². The van der Waals surface area contributed by atoms with Crippen molar-refractivity contribution in [3.63, 3.8) is 0 Å². The monoisotopic (exact) mass is 1050 g/mol. The average molecular weight is 1050 g/mol. The Hall–Kier alpha value is -0.660. The van der Waals surface area contributed by atoms with E-state index in [-0.39, 0.29) is 12.3 Å². The molecule has 1 aliphatic carbocycles. The van der Waals surface area contributed by atoms with E-state index in [2.05, 4.69) is 19.2 Å². The Bertz CT molecular complexity index is 1220. The summed E-state index contributed by atoms with van der Waals surface area (Å²) in [6.45, 7) is 3.95. The fourth-order valence-corrected chi connectivity index (χ4v) is 11.4. The molecule has 9 atom stereocenters. The maximum absolute atomic E-state index is 13.1. The molecular weight excluding hydrogens is 930 g/mol. The number of rotatable bonds is 54. The lowest BCUT2D eigenvalue weighted by molar-refractivity contribution is -0.220. The van der Waals surface area contributed by atoms with Crippen LogP contribution in [0.4, 0.5) is 0 Å². The van der Waals surface area contributed by atoms with Gasteiger partial charge in [-0.05, 0) is 12.8 Å². The number of aliphatic hydroxyl groups excluding tert-OH is 6. The molecule has 0 aromatic heterocycles. The third-order valence-electron chi connectivity index (χ3n) is 15.4. The summed E-state index contributed by atoms with van der Waals surface area (Å²) in [5.74, 6) is -0.299. The molecule has 1 saturated carbocycles. The zero-order chi connectivity index (χ0) is 52.8. The number of unbranched alkanes of at least 4 members (excludes halogenated alkanes) is 43. The van der Waals surface area contributed by atoms with Crippen molar-refractivity contribution in [3.8, 4) is 0 Å². The molecule has 13 heteroatoms. The Labute approximate surface area is 442 Å². The van der Waals surface area contributed by atoms with Gasteiger partial charge >= 0.3 is 7.82 Å². The lowest BCUT2D eigenvalue weighted by atomic mass is 9.85. The van der Waals surface area contributed by atoms with Gasteiger partial charge in [-0.1, -0.05) is 296 Å². The lowest BCUT2D eigenvalue weighted by Crippen LogP contribution is -2.64. The highest BCUT2D eigenvalue weighted by Gasteiger charge is 2.51. The van der Waals surface area contributed by atoms with Crippen LogP contribution in [0.5, 0.6) is 0 Å². The molecule has 8 N–H and O–H groups in total. The molecule has 0 bridgehead atoms. The van der Waals surface area contributed by atoms with Crippen LogP contribution in [-0.4, -0.2) is 96.8 Å². The summed E-state index contributed by atoms with van der Waals surface area (Å²) in [5, 5.41) is 64.5. The molecule has 1 fully saturated rings. The SMILES string of the molecule is CCCCCCCCCCCCCCCCCCCCCCCCCCCCCCCC(=O)N[C@@H](COP(=O)(O)OC1C(O)C(O)C(O)[C@@H](O)C1O)[C@H](O)CCCCCCCCCCCCCCCCCC. The van der Waals surface area contributed by atoms with Crippen molar-refractivity contribution >= 4 is 13.7 Å². The van der Waals surface area contributed by atoms with Crippen molar-refractivity contribution in [2.75, 3.05) is 6.61 Å². The molecule has 430 valence electrons. The fraction of sp³-hybridized carbons (Fsp3) is 0.983. The molecule has 1 rings (SSSR count). The largest absolute Gasteiger partial charge is 0.472 e. The summed E-state index contributed by atoms with van der Waals surface area (Å²) in [4.78, 5) is 23.6. The molecule has 12 nitrogen and oxygen atoms in total. The minimum Gasteiger partial charge on any atom is -0.391 e. The van der Waals surface area contributed by atoms with Crippen LogP contribution in [0.2, 0.25) is 0 Å². The minimum absolute atomic E-state index is 0.244. The Morgan fingerprint density at radius 3 is 0.958 bits per heavy atom. The maximum atomic E-state index is 13.1. The van der Waals surface area contributed by atoms with E-state index in [9.17, 15) is 44.9 Å². The van der Waals surface area contributed by atoms with Gasteiger partial charge in [0.1, 0.15) is 36.6 Å². The Morgan fingerprint density at radius 2 is 0.667 bits per heavy atom. The molecule has 1 aliphatic rings. The lowest BCUT2D eigenvalue weighted by Gasteiger charge is -2.41. The molecule has 0 spiro atoms. The van der Waals surface area contributed by atoms with Crippen molar-refractivity contribution in [2.24, 2.45) is 0 Å². The van der Waals surface area contributed by atoms with Gasteiger partial charge in [-0.3, -0.25) is 13.8 Å². The van der Waals surface area contributed by atoms with E-state index in [0.717, 1.165) is 38.5 Å². The number of carbonyl (C=O) groups is 1. The highest BCUT2D eigenvalue weighted by molar-refractivity contribution is 7.47. The highest BCUT2D eigenvalue weighted by atomic mass is 31.2. The van der Waals surface area contributed by atoms with Crippen LogP contribution in [0, 0.1) is 0 Å². The molecule has 0 radical (unpaired) electrons. The number of phosphoric acid groups is 1. The Kier molecular flexibility index (Phi) is 46.9. The average Bonchev–Trinajstić information content (AvgIpc) is 3.37. The van der Waals surface area contributed by atoms with E-state index in [4.69, 9.17) is 9.05 Å². The first-order valence-electron chi connectivity index (χ1n) is 31.0. The molecule has 0 saturated heterocycles. The second-order valence-electron chi connectivity index (χ2n) is 22.3. The van der Waals surface area contributed by atoms with Gasteiger partial charge in [0.15, 0.2) is 0 Å². The Balaban J connectivity index is 2.23. The molecule has 72 heavy (non-hydrogen) atoms. The van der Waals surface area contributed by atoms with E-state index in [0.29, 0.717) is 19.3 Å². The predicted octanol–water partition coefficient (Wildman–Crippen LogP) is 14.5. The molecule has 0 aromatic carbocycles. The molecule has 0 aliphatic heterocycles. The fourth-order valence-electron chi connectivity index (χ4n) is 10.4. The molecule has 0 aromatic rings. The number of carbonyl (C=O) groups excluding carboxylic acids is 1. The first-order chi connectivity index (χ1) is 34.9. The molecule has 0 heterocycles. The number of amides is 1. The highest BCUT2D eigenvalue weighted by Crippen LogP contribution is 2.47. The van der Waals surface area contributed by atoms with Crippen LogP contribution in [0.15, 0.2) is 0 Å². The second-order valence-corrected chi connectivity index (χ2v) is 23.7. The van der Waals surface area contributed by atoms with E-state index >= 15 is 0 Å². The van der Waals surface area contributed by atoms with Gasteiger partial charge in [-0.2, -0.15) is 0 Å². The minimum atomic E-state index is -5.06. The zero-order valence-electron chi connectivity index (χ0n) is 46.8. The number of aliphatic hydroxyl groups is 6. The third-order valence-corrected chi connectivity index (χ3v) is 16.4. The number of hydrogen-bond donors (Lipinski definition) is 8. The van der Waals surface area contributed by atoms with Gasteiger partial charge < -0.3 is 40.8 Å². The van der Waals surface area contributed by atoms with Gasteiger partial charge in [-0.15, -0.1) is 0 Å². The van der Waals surface area contributed by atoms with Gasteiger partial charge in [0.2, 0.25) is 5.91 Å². The normalized spacial score (nSPS) is 21.0. The van der Waals surface area contributed by atoms with Crippen LogP contribution in [0.1, 0.15) is 316 Å². The Morgan fingerprint density at radius 1 is 0.417 bits per heavy atom. The maximum Gasteiger partial charge on any atom is 0.472 e. The standard InChI is InChI=1S/C59H118NO11P/c1-3-5-7-9-11-13-15-17-19-21-22-23-24-25-26-27-28-29-30-31-32-33-35-37-39-41-43-45-47-49-53(62)60-51(50-70-72(68,69)71-59-57(66)55(64)54(63)56(65)58(59)67)52(61)48-46-44-42-40-38-36-34-20-18-16-14-12-10-8-6-4-2/h51-52,54-59,61,63-67H,3-50H2,1-2H3,(H,60,62)(H,68,69)/t51-,52+,54?,55+,56?,57?,58?,59?/m0/s1. The van der Waals surface area contributed by atoms with Crippen LogP contribution >= 0.6 is 7.82 Å². The summed E-state index contributed by atoms with van der Waals surface area (Å²) in [6.07, 6.45) is 45.8. The van der Waals surface area contributed by atoms with Gasteiger partial charge in [0, 0.05) is 6.42 Å². The topological polar surface area (TPSA) is 206 Å². The molecule has 6 unspecified atom stereocenters. The van der Waals surface area contributed by atoms with Gasteiger partial charge in [0.05, 0.1) is 18.8 Å². The summed E-state index contributed by atoms with van der Waals surface area (Å²) in [7, 11) is -5.06. The van der Waals surface area contributed by atoms with Crippen molar-refractivity contribution in [2.45, 2.75) is 364 Å². The van der Waals surface area contributed by atoms with Crippen LogP contribution in [-0.2, 0) is 18.4 Å². The van der Waals surface area contributed by atoms with Crippen molar-refractivity contribution < 1.29 is 53.9 Å². The summed E-state index contributed by atoms with van der Waals surface area (Å²) in [6, 6.07) is -1.03. The van der Waals surface area contributed by atoms with E-state index in [1.807, 2.05) is 0 Å². The van der Waals surface area contributed by atoms with E-state index in [1.165, 1.54) is 238 Å². The van der Waals surface area contributed by atoms with Crippen LogP contribution < -0.4 is 5.32 Å². The summed E-state index contributed by atoms with van der Waals surface area (Å²) >= 11 is 0. The predicted molar refractivity (Wildman–Crippen MR) is 297 cm³/mol. The first-order valence-corrected chi connectivity index (χ1v) is 32.5. The van der Waals surface area contributed by atoms with Crippen LogP contribution in [0.3, 0.4) is 0 Å². The van der Waals surface area contributed by atoms with E-state index in [1.54, 1.807) is 0 Å². The smallest absolute Gasteiger partial charge is 0.391 e. The van der Waals surface area contributed by atoms with Gasteiger partial charge in [-0.25, -0.2) is 4.57 Å². The second kappa shape index (κ2) is 48.7.